The second-order valence-electron chi connectivity index (χ2n) is 6.02. The van der Waals surface area contributed by atoms with Crippen LogP contribution in [-0.4, -0.2) is 13.0 Å². The highest BCUT2D eigenvalue weighted by Crippen LogP contribution is 2.31. The molecule has 4 heteroatoms. The fourth-order valence-corrected chi connectivity index (χ4v) is 2.71. The summed E-state index contributed by atoms with van der Waals surface area (Å²) in [5.41, 5.74) is 2.95. The first-order valence-corrected chi connectivity index (χ1v) is 7.84. The molecule has 0 saturated carbocycles. The Bertz CT molecular complexity index is 612. The van der Waals surface area contributed by atoms with Gasteiger partial charge in [0.25, 0.3) is 0 Å². The van der Waals surface area contributed by atoms with Crippen molar-refractivity contribution in [2.45, 2.75) is 32.6 Å². The maximum Gasteiger partial charge on any atom is 0.228 e. The quantitative estimate of drug-likeness (QED) is 0.917. The lowest BCUT2D eigenvalue weighted by Gasteiger charge is -2.21. The zero-order valence-corrected chi connectivity index (χ0v) is 13.7. The number of anilines is 1. The van der Waals surface area contributed by atoms with Gasteiger partial charge in [0, 0.05) is 0 Å². The van der Waals surface area contributed by atoms with Gasteiger partial charge in [0.1, 0.15) is 5.75 Å². The molecule has 1 heterocycles. The average Bonchev–Trinajstić information content (AvgIpc) is 2.90. The first-order valence-electron chi connectivity index (χ1n) is 6.89. The van der Waals surface area contributed by atoms with Crippen LogP contribution < -0.4 is 10.1 Å². The number of ether oxygens (including phenoxy) is 1. The minimum Gasteiger partial charge on any atom is -0.495 e. The standard InChI is InChI=1S/C17H21NO2S/c1-17(2,3)13-5-6-15(20-4)14(10-13)18-16(19)9-12-7-8-21-11-12/h5-8,10-11H,9H2,1-4H3,(H,18,19). The average molecular weight is 303 g/mol. The molecular formula is C17H21NO2S. The Balaban J connectivity index is 2.19. The van der Waals surface area contributed by atoms with Gasteiger partial charge >= 0.3 is 0 Å². The molecule has 0 radical (unpaired) electrons. The first-order chi connectivity index (χ1) is 9.90. The van der Waals surface area contributed by atoms with Crippen molar-refractivity contribution in [2.24, 2.45) is 0 Å². The number of nitrogens with one attached hydrogen (secondary N) is 1. The second kappa shape index (κ2) is 6.31. The molecule has 0 atom stereocenters. The van der Waals surface area contributed by atoms with Crippen LogP contribution in [-0.2, 0) is 16.6 Å². The summed E-state index contributed by atoms with van der Waals surface area (Å²) in [6.45, 7) is 6.43. The number of benzene rings is 1. The smallest absolute Gasteiger partial charge is 0.228 e. The van der Waals surface area contributed by atoms with Crippen molar-refractivity contribution in [2.75, 3.05) is 12.4 Å². The van der Waals surface area contributed by atoms with E-state index in [1.807, 2.05) is 35.0 Å². The summed E-state index contributed by atoms with van der Waals surface area (Å²) in [6, 6.07) is 7.89. The van der Waals surface area contributed by atoms with E-state index in [1.54, 1.807) is 18.4 Å². The maximum atomic E-state index is 12.1. The van der Waals surface area contributed by atoms with E-state index < -0.39 is 0 Å². The molecule has 3 nitrogen and oxygen atoms in total. The minimum absolute atomic E-state index is 0.0269. The molecule has 0 saturated heterocycles. The molecule has 112 valence electrons. The molecule has 21 heavy (non-hydrogen) atoms. The molecule has 2 rings (SSSR count). The van der Waals surface area contributed by atoms with E-state index in [1.165, 1.54) is 0 Å². The van der Waals surface area contributed by atoms with E-state index in [2.05, 4.69) is 26.1 Å². The van der Waals surface area contributed by atoms with Crippen LogP contribution in [0.4, 0.5) is 5.69 Å². The van der Waals surface area contributed by atoms with Crippen LogP contribution in [0.15, 0.2) is 35.0 Å². The van der Waals surface area contributed by atoms with Gasteiger partial charge in [-0.05, 0) is 45.5 Å². The number of carbonyl (C=O) groups is 1. The Labute approximate surface area is 130 Å². The Kier molecular flexibility index (Phi) is 4.68. The molecule has 1 aromatic carbocycles. The van der Waals surface area contributed by atoms with Gasteiger partial charge < -0.3 is 10.1 Å². The molecule has 0 spiro atoms. The molecule has 0 fully saturated rings. The minimum atomic E-state index is -0.0299. The van der Waals surface area contributed by atoms with Crippen LogP contribution in [0.25, 0.3) is 0 Å². The molecular weight excluding hydrogens is 282 g/mol. The van der Waals surface area contributed by atoms with Gasteiger partial charge in [-0.25, -0.2) is 0 Å². The van der Waals surface area contributed by atoms with Gasteiger partial charge in [-0.1, -0.05) is 26.8 Å². The third-order valence-corrected chi connectivity index (χ3v) is 4.02. The fourth-order valence-electron chi connectivity index (χ4n) is 2.05. The summed E-state index contributed by atoms with van der Waals surface area (Å²) in [5.74, 6) is 0.652. The summed E-state index contributed by atoms with van der Waals surface area (Å²) in [7, 11) is 1.61. The Morgan fingerprint density at radius 3 is 2.62 bits per heavy atom. The van der Waals surface area contributed by atoms with Crippen LogP contribution in [0.3, 0.4) is 0 Å². The van der Waals surface area contributed by atoms with E-state index in [0.717, 1.165) is 16.8 Å². The van der Waals surface area contributed by atoms with E-state index >= 15 is 0 Å². The van der Waals surface area contributed by atoms with Crippen molar-refractivity contribution < 1.29 is 9.53 Å². The summed E-state index contributed by atoms with van der Waals surface area (Å²) >= 11 is 1.60. The summed E-state index contributed by atoms with van der Waals surface area (Å²) in [5, 5.41) is 6.92. The van der Waals surface area contributed by atoms with Gasteiger partial charge in [0.05, 0.1) is 19.2 Å². The molecule has 0 unspecified atom stereocenters. The van der Waals surface area contributed by atoms with Crippen molar-refractivity contribution in [3.05, 3.63) is 46.2 Å². The van der Waals surface area contributed by atoms with E-state index in [9.17, 15) is 4.79 Å². The Hall–Kier alpha value is -1.81. The molecule has 0 aliphatic heterocycles. The summed E-state index contributed by atoms with van der Waals surface area (Å²) < 4.78 is 5.34. The number of thiophene rings is 1. The predicted octanol–water partition coefficient (Wildman–Crippen LogP) is 4.24. The topological polar surface area (TPSA) is 38.3 Å². The summed E-state index contributed by atoms with van der Waals surface area (Å²) in [6.07, 6.45) is 0.381. The molecule has 0 aliphatic carbocycles. The van der Waals surface area contributed by atoms with Crippen LogP contribution >= 0.6 is 11.3 Å². The van der Waals surface area contributed by atoms with Crippen molar-refractivity contribution >= 4 is 22.9 Å². The van der Waals surface area contributed by atoms with Crippen molar-refractivity contribution in [1.82, 2.24) is 0 Å². The van der Waals surface area contributed by atoms with E-state index in [0.29, 0.717) is 12.2 Å². The van der Waals surface area contributed by atoms with Gasteiger partial charge in [-0.3, -0.25) is 4.79 Å². The second-order valence-corrected chi connectivity index (χ2v) is 6.80. The Morgan fingerprint density at radius 1 is 1.29 bits per heavy atom. The molecule has 1 amide bonds. The van der Waals surface area contributed by atoms with Crippen LogP contribution in [0.5, 0.6) is 5.75 Å². The monoisotopic (exact) mass is 303 g/mol. The lowest BCUT2D eigenvalue weighted by Crippen LogP contribution is -2.16. The molecule has 2 aromatic rings. The van der Waals surface area contributed by atoms with Crippen LogP contribution in [0, 0.1) is 0 Å². The summed E-state index contributed by atoms with van der Waals surface area (Å²) in [4.78, 5) is 12.1. The van der Waals surface area contributed by atoms with Crippen molar-refractivity contribution in [3.63, 3.8) is 0 Å². The third kappa shape index (κ3) is 4.08. The zero-order valence-electron chi connectivity index (χ0n) is 12.9. The number of amides is 1. The lowest BCUT2D eigenvalue weighted by atomic mass is 9.87. The van der Waals surface area contributed by atoms with Gasteiger partial charge in [-0.15, -0.1) is 0 Å². The molecule has 1 aromatic heterocycles. The first kappa shape index (κ1) is 15.6. The highest BCUT2D eigenvalue weighted by molar-refractivity contribution is 7.08. The highest BCUT2D eigenvalue weighted by Gasteiger charge is 2.17. The Morgan fingerprint density at radius 2 is 2.05 bits per heavy atom. The van der Waals surface area contributed by atoms with Crippen molar-refractivity contribution in [3.8, 4) is 5.75 Å². The number of hydrogen-bond acceptors (Lipinski definition) is 3. The largest absolute Gasteiger partial charge is 0.495 e. The molecule has 0 aliphatic rings. The zero-order chi connectivity index (χ0) is 15.5. The highest BCUT2D eigenvalue weighted by atomic mass is 32.1. The van der Waals surface area contributed by atoms with E-state index in [4.69, 9.17) is 4.74 Å². The normalized spacial score (nSPS) is 11.2. The number of rotatable bonds is 4. The van der Waals surface area contributed by atoms with Crippen molar-refractivity contribution in [1.29, 1.82) is 0 Å². The number of carbonyl (C=O) groups excluding carboxylic acids is 1. The number of hydrogen-bond donors (Lipinski definition) is 1. The maximum absolute atomic E-state index is 12.1. The molecule has 1 N–H and O–H groups in total. The fraction of sp³-hybridized carbons (Fsp3) is 0.353. The SMILES string of the molecule is COc1ccc(C(C)(C)C)cc1NC(=O)Cc1ccsc1. The van der Waals surface area contributed by atoms with Crippen LogP contribution in [0.2, 0.25) is 0 Å². The van der Waals surface area contributed by atoms with Gasteiger partial charge in [-0.2, -0.15) is 11.3 Å². The lowest BCUT2D eigenvalue weighted by molar-refractivity contribution is -0.115. The predicted molar refractivity (Wildman–Crippen MR) is 88.3 cm³/mol. The van der Waals surface area contributed by atoms with Crippen LogP contribution in [0.1, 0.15) is 31.9 Å². The van der Waals surface area contributed by atoms with E-state index in [-0.39, 0.29) is 11.3 Å². The van der Waals surface area contributed by atoms with Gasteiger partial charge in [0.15, 0.2) is 0 Å². The number of methoxy groups -OCH3 is 1. The van der Waals surface area contributed by atoms with Gasteiger partial charge in [0.2, 0.25) is 5.91 Å². The molecule has 0 bridgehead atoms. The third-order valence-electron chi connectivity index (χ3n) is 3.28.